The lowest BCUT2D eigenvalue weighted by molar-refractivity contribution is -0.128. The highest BCUT2D eigenvalue weighted by Gasteiger charge is 2.38. The van der Waals surface area contributed by atoms with E-state index in [1.54, 1.807) is 24.4 Å². The summed E-state index contributed by atoms with van der Waals surface area (Å²) in [5, 5.41) is 3.41. The van der Waals surface area contributed by atoms with Crippen molar-refractivity contribution in [3.63, 3.8) is 0 Å². The van der Waals surface area contributed by atoms with Crippen LogP contribution in [-0.2, 0) is 11.3 Å². The molecule has 7 nitrogen and oxygen atoms in total. The zero-order chi connectivity index (χ0) is 22.9. The molecule has 33 heavy (non-hydrogen) atoms. The predicted octanol–water partition coefficient (Wildman–Crippen LogP) is 4.12. The van der Waals surface area contributed by atoms with E-state index < -0.39 is 0 Å². The first-order valence-corrected chi connectivity index (χ1v) is 12.2. The monoisotopic (exact) mass is 467 g/mol. The van der Waals surface area contributed by atoms with Gasteiger partial charge in [0.1, 0.15) is 11.5 Å². The fourth-order valence-electron chi connectivity index (χ4n) is 4.89. The Morgan fingerprint density at radius 3 is 2.67 bits per heavy atom. The fourth-order valence-corrected chi connectivity index (χ4v) is 5.08. The Morgan fingerprint density at radius 2 is 2.00 bits per heavy atom. The first kappa shape index (κ1) is 22.2. The van der Waals surface area contributed by atoms with E-state index in [1.807, 2.05) is 23.1 Å². The molecule has 1 saturated carbocycles. The van der Waals surface area contributed by atoms with E-state index in [1.165, 1.54) is 12.8 Å². The van der Waals surface area contributed by atoms with Crippen LogP contribution in [0.5, 0.6) is 0 Å². The Morgan fingerprint density at radius 1 is 1.21 bits per heavy atom. The normalized spacial score (nSPS) is 21.9. The summed E-state index contributed by atoms with van der Waals surface area (Å²) in [7, 11) is 0. The number of halogens is 1. The first-order valence-electron chi connectivity index (χ1n) is 11.8. The molecular formula is C25H30ClN5O2. The molecule has 2 aliphatic heterocycles. The molecule has 0 radical (unpaired) electrons. The summed E-state index contributed by atoms with van der Waals surface area (Å²) in [6.07, 6.45) is 9.98. The summed E-state index contributed by atoms with van der Waals surface area (Å²) in [6.45, 7) is 5.34. The number of fused-ring (bicyclic) bond motifs is 1. The summed E-state index contributed by atoms with van der Waals surface area (Å²) in [5.41, 5.74) is 1.10. The van der Waals surface area contributed by atoms with E-state index in [9.17, 15) is 9.59 Å². The molecule has 2 fully saturated rings. The summed E-state index contributed by atoms with van der Waals surface area (Å²) in [4.78, 5) is 34.9. The molecule has 8 heteroatoms. The first-order chi connectivity index (χ1) is 16.0. The topological polar surface area (TPSA) is 70.5 Å². The van der Waals surface area contributed by atoms with Gasteiger partial charge in [0, 0.05) is 18.7 Å². The molecule has 1 N–H and O–H groups in total. The van der Waals surface area contributed by atoms with Gasteiger partial charge < -0.3 is 14.8 Å². The largest absolute Gasteiger partial charge is 0.330 e. The number of nitrogens with one attached hydrogen (secondary N) is 1. The summed E-state index contributed by atoms with van der Waals surface area (Å²) < 4.78 is 2.06. The van der Waals surface area contributed by atoms with Crippen LogP contribution in [0.15, 0.2) is 42.6 Å². The van der Waals surface area contributed by atoms with Crippen molar-refractivity contribution in [2.45, 2.75) is 51.2 Å². The number of benzene rings is 1. The van der Waals surface area contributed by atoms with Crippen LogP contribution in [0, 0.1) is 5.92 Å². The number of rotatable bonds is 6. The van der Waals surface area contributed by atoms with Gasteiger partial charge in [0.2, 0.25) is 5.91 Å². The standard InChI is InChI=1S/C25H30ClN5O2/c1-17(29-12-5-13-29)10-11-24(32)30-15-22(18-6-4-7-18)31-21(14-27-23(31)16-30)25(33)28-20-9-3-2-8-19(20)26/h2-3,8-11,14,17-18,22H,4-7,12-13,15-16H2,1H3,(H,28,33)/b11-10+/t17-,22-/m0/s1. The van der Waals surface area contributed by atoms with Gasteiger partial charge in [0.05, 0.1) is 29.5 Å². The number of aromatic nitrogens is 2. The maximum absolute atomic E-state index is 13.1. The number of carbonyl (C=O) groups excluding carboxylic acids is 2. The Balaban J connectivity index is 1.36. The molecule has 174 valence electrons. The third-order valence-electron chi connectivity index (χ3n) is 7.29. The van der Waals surface area contributed by atoms with Crippen molar-refractivity contribution in [2.75, 3.05) is 25.0 Å². The highest BCUT2D eigenvalue weighted by molar-refractivity contribution is 6.33. The van der Waals surface area contributed by atoms with Crippen LogP contribution in [0.3, 0.4) is 0 Å². The van der Waals surface area contributed by atoms with Crippen LogP contribution in [0.2, 0.25) is 5.02 Å². The minimum Gasteiger partial charge on any atom is -0.330 e. The van der Waals surface area contributed by atoms with Crippen molar-refractivity contribution in [1.29, 1.82) is 0 Å². The molecule has 1 aromatic carbocycles. The Bertz CT molecular complexity index is 1070. The fraction of sp³-hybridized carbons (Fsp3) is 0.480. The van der Waals surface area contributed by atoms with Crippen molar-refractivity contribution in [3.05, 3.63) is 59.2 Å². The highest BCUT2D eigenvalue weighted by atomic mass is 35.5. The maximum atomic E-state index is 13.1. The smallest absolute Gasteiger partial charge is 0.273 e. The lowest BCUT2D eigenvalue weighted by atomic mass is 9.78. The van der Waals surface area contributed by atoms with Crippen molar-refractivity contribution >= 4 is 29.1 Å². The molecule has 2 atom stereocenters. The van der Waals surface area contributed by atoms with E-state index in [-0.39, 0.29) is 23.9 Å². The predicted molar refractivity (Wildman–Crippen MR) is 128 cm³/mol. The van der Waals surface area contributed by atoms with E-state index in [4.69, 9.17) is 11.6 Å². The lowest BCUT2D eigenvalue weighted by Crippen LogP contribution is -2.45. The highest BCUT2D eigenvalue weighted by Crippen LogP contribution is 2.40. The van der Waals surface area contributed by atoms with Gasteiger partial charge in [0.15, 0.2) is 0 Å². The van der Waals surface area contributed by atoms with Crippen molar-refractivity contribution < 1.29 is 9.59 Å². The minimum atomic E-state index is -0.228. The molecule has 1 aromatic heterocycles. The summed E-state index contributed by atoms with van der Waals surface area (Å²) in [6, 6.07) is 7.53. The molecule has 0 spiro atoms. The zero-order valence-electron chi connectivity index (χ0n) is 18.9. The molecule has 1 saturated heterocycles. The molecule has 0 unspecified atom stereocenters. The number of hydrogen-bond acceptors (Lipinski definition) is 4. The summed E-state index contributed by atoms with van der Waals surface area (Å²) >= 11 is 6.23. The van der Waals surface area contributed by atoms with Crippen molar-refractivity contribution in [3.8, 4) is 0 Å². The summed E-state index contributed by atoms with van der Waals surface area (Å²) in [5.74, 6) is 1.00. The molecule has 5 rings (SSSR count). The average Bonchev–Trinajstić information content (AvgIpc) is 3.15. The van der Waals surface area contributed by atoms with E-state index in [0.717, 1.165) is 31.8 Å². The van der Waals surface area contributed by atoms with Crippen LogP contribution in [0.1, 0.15) is 55.0 Å². The number of anilines is 1. The van der Waals surface area contributed by atoms with Crippen LogP contribution in [0.4, 0.5) is 5.69 Å². The van der Waals surface area contributed by atoms with Crippen LogP contribution in [0.25, 0.3) is 0 Å². The van der Waals surface area contributed by atoms with Gasteiger partial charge in [-0.15, -0.1) is 0 Å². The number of hydrogen-bond donors (Lipinski definition) is 1. The second-order valence-electron chi connectivity index (χ2n) is 9.33. The number of likely N-dealkylation sites (tertiary alicyclic amines) is 1. The van der Waals surface area contributed by atoms with Gasteiger partial charge in [-0.25, -0.2) is 4.98 Å². The van der Waals surface area contributed by atoms with Gasteiger partial charge in [-0.05, 0) is 57.3 Å². The number of para-hydroxylation sites is 1. The van der Waals surface area contributed by atoms with E-state index in [2.05, 4.69) is 26.7 Å². The Labute approximate surface area is 199 Å². The average molecular weight is 468 g/mol. The molecule has 3 heterocycles. The minimum absolute atomic E-state index is 0.0167. The van der Waals surface area contributed by atoms with Gasteiger partial charge in [0.25, 0.3) is 5.91 Å². The van der Waals surface area contributed by atoms with Gasteiger partial charge in [-0.3, -0.25) is 14.5 Å². The quantitative estimate of drug-likeness (QED) is 0.649. The van der Waals surface area contributed by atoms with E-state index in [0.29, 0.717) is 35.4 Å². The molecule has 0 bridgehead atoms. The third kappa shape index (κ3) is 4.44. The molecular weight excluding hydrogens is 438 g/mol. The zero-order valence-corrected chi connectivity index (χ0v) is 19.7. The SMILES string of the molecule is C[C@@H](/C=C/C(=O)N1Cc2ncc(C(=O)Nc3ccccc3Cl)n2[C@H](C2CCC2)C1)N1CCC1. The number of nitrogens with zero attached hydrogens (tertiary/aromatic N) is 4. The van der Waals surface area contributed by atoms with Crippen LogP contribution in [-0.4, -0.2) is 56.8 Å². The second-order valence-corrected chi connectivity index (χ2v) is 9.74. The maximum Gasteiger partial charge on any atom is 0.273 e. The Kier molecular flexibility index (Phi) is 6.25. The van der Waals surface area contributed by atoms with Gasteiger partial charge in [-0.1, -0.05) is 36.2 Å². The van der Waals surface area contributed by atoms with Crippen LogP contribution < -0.4 is 5.32 Å². The molecule has 2 aromatic rings. The van der Waals surface area contributed by atoms with Crippen LogP contribution >= 0.6 is 11.6 Å². The molecule has 3 aliphatic rings. The molecule has 2 amide bonds. The van der Waals surface area contributed by atoms with Gasteiger partial charge in [-0.2, -0.15) is 0 Å². The van der Waals surface area contributed by atoms with Gasteiger partial charge >= 0.3 is 0 Å². The lowest BCUT2D eigenvalue weighted by Gasteiger charge is -2.42. The number of carbonyl (C=O) groups is 2. The Hall–Kier alpha value is -2.64. The number of imidazole rings is 1. The third-order valence-corrected chi connectivity index (χ3v) is 7.62. The van der Waals surface area contributed by atoms with Crippen molar-refractivity contribution in [2.24, 2.45) is 5.92 Å². The second kappa shape index (κ2) is 9.31. The number of amides is 2. The molecule has 1 aliphatic carbocycles. The van der Waals surface area contributed by atoms with Crippen molar-refractivity contribution in [1.82, 2.24) is 19.4 Å². The van der Waals surface area contributed by atoms with E-state index >= 15 is 0 Å².